The molecular weight excluding hydrogens is 348 g/mol. The smallest absolute Gasteiger partial charge is 0.328 e. The van der Waals surface area contributed by atoms with E-state index in [1.54, 1.807) is 26.0 Å². The van der Waals surface area contributed by atoms with E-state index in [-0.39, 0.29) is 32.0 Å². The van der Waals surface area contributed by atoms with Gasteiger partial charge >= 0.3 is 11.9 Å². The molecule has 1 aliphatic carbocycles. The third-order valence-electron chi connectivity index (χ3n) is 4.63. The van der Waals surface area contributed by atoms with Crippen molar-refractivity contribution in [3.05, 3.63) is 28.8 Å². The first-order valence-corrected chi connectivity index (χ1v) is 9.51. The molecule has 0 spiro atoms. The highest BCUT2D eigenvalue weighted by molar-refractivity contribution is 5.99. The fourth-order valence-corrected chi connectivity index (χ4v) is 3.33. The fraction of sp³-hybridized carbons (Fsp3) is 0.550. The van der Waals surface area contributed by atoms with Gasteiger partial charge in [-0.05, 0) is 69.2 Å². The molecule has 1 aromatic rings. The van der Waals surface area contributed by atoms with E-state index in [1.165, 1.54) is 0 Å². The number of nitrogens with one attached hydrogen (secondary N) is 1. The molecule has 7 nitrogen and oxygen atoms in total. The van der Waals surface area contributed by atoms with Crippen molar-refractivity contribution < 1.29 is 23.9 Å². The molecule has 1 atom stereocenters. The van der Waals surface area contributed by atoms with Crippen molar-refractivity contribution in [2.45, 2.75) is 58.4 Å². The molecule has 0 saturated heterocycles. The van der Waals surface area contributed by atoms with Crippen LogP contribution in [-0.4, -0.2) is 37.1 Å². The number of anilines is 1. The van der Waals surface area contributed by atoms with Crippen molar-refractivity contribution in [3.63, 3.8) is 0 Å². The summed E-state index contributed by atoms with van der Waals surface area (Å²) < 4.78 is 9.93. The maximum absolute atomic E-state index is 12.8. The molecule has 0 fully saturated rings. The molecule has 148 valence electrons. The van der Waals surface area contributed by atoms with Gasteiger partial charge in [0, 0.05) is 17.7 Å². The zero-order valence-corrected chi connectivity index (χ0v) is 16.0. The summed E-state index contributed by atoms with van der Waals surface area (Å²) in [5.74, 6) is -1.32. The monoisotopic (exact) mass is 376 g/mol. The minimum absolute atomic E-state index is 0.0252. The van der Waals surface area contributed by atoms with Crippen LogP contribution in [-0.2, 0) is 31.9 Å². The molecule has 1 aromatic carbocycles. The lowest BCUT2D eigenvalue weighted by Gasteiger charge is -2.22. The van der Waals surface area contributed by atoms with Gasteiger partial charge < -0.3 is 20.5 Å². The van der Waals surface area contributed by atoms with E-state index in [0.29, 0.717) is 11.3 Å². The lowest BCUT2D eigenvalue weighted by molar-refractivity contribution is -0.146. The first-order chi connectivity index (χ1) is 13.0. The molecule has 27 heavy (non-hydrogen) atoms. The van der Waals surface area contributed by atoms with Crippen LogP contribution in [0.15, 0.2) is 12.1 Å². The highest BCUT2D eigenvalue weighted by Gasteiger charge is 2.26. The lowest BCUT2D eigenvalue weighted by Crippen LogP contribution is -2.42. The number of hydrogen-bond donors (Lipinski definition) is 2. The third kappa shape index (κ3) is 5.45. The van der Waals surface area contributed by atoms with Crippen LogP contribution in [0.4, 0.5) is 5.69 Å². The fourth-order valence-electron chi connectivity index (χ4n) is 3.33. The molecule has 0 unspecified atom stereocenters. The van der Waals surface area contributed by atoms with Crippen LogP contribution >= 0.6 is 0 Å². The minimum Gasteiger partial charge on any atom is -0.466 e. The number of benzene rings is 1. The topological polar surface area (TPSA) is 108 Å². The van der Waals surface area contributed by atoms with E-state index < -0.39 is 18.0 Å². The molecule has 1 aliphatic rings. The SMILES string of the molecule is CCOC(=O)CC[C@H](NC(=O)c1ccc(N)c2c1CCCC2)C(=O)OCC. The van der Waals surface area contributed by atoms with Gasteiger partial charge in [0.25, 0.3) is 5.91 Å². The number of esters is 2. The van der Waals surface area contributed by atoms with Gasteiger partial charge in [-0.2, -0.15) is 0 Å². The molecule has 0 heterocycles. The van der Waals surface area contributed by atoms with Gasteiger partial charge in [0.15, 0.2) is 0 Å². The Bertz CT molecular complexity index is 702. The molecule has 0 aromatic heterocycles. The molecule has 0 saturated carbocycles. The molecule has 7 heteroatoms. The predicted molar refractivity (Wildman–Crippen MR) is 101 cm³/mol. The van der Waals surface area contributed by atoms with Crippen molar-refractivity contribution in [1.82, 2.24) is 5.32 Å². The van der Waals surface area contributed by atoms with E-state index in [2.05, 4.69) is 5.32 Å². The number of ether oxygens (including phenoxy) is 2. The second kappa shape index (κ2) is 9.94. The van der Waals surface area contributed by atoms with Gasteiger partial charge in [-0.15, -0.1) is 0 Å². The Labute approximate surface area is 159 Å². The van der Waals surface area contributed by atoms with Gasteiger partial charge in [0.2, 0.25) is 0 Å². The molecule has 0 bridgehead atoms. The number of fused-ring (bicyclic) bond motifs is 1. The van der Waals surface area contributed by atoms with Crippen LogP contribution in [0.1, 0.15) is 61.0 Å². The Morgan fingerprint density at radius 2 is 1.74 bits per heavy atom. The summed E-state index contributed by atoms with van der Waals surface area (Å²) in [5, 5.41) is 2.72. The third-order valence-corrected chi connectivity index (χ3v) is 4.63. The number of carbonyl (C=O) groups is 3. The number of amides is 1. The Morgan fingerprint density at radius 1 is 1.07 bits per heavy atom. The summed E-state index contributed by atoms with van der Waals surface area (Å²) in [6.45, 7) is 3.87. The van der Waals surface area contributed by atoms with Crippen molar-refractivity contribution in [1.29, 1.82) is 0 Å². The first kappa shape index (κ1) is 20.7. The van der Waals surface area contributed by atoms with Crippen LogP contribution in [0, 0.1) is 0 Å². The second-order valence-electron chi connectivity index (χ2n) is 6.49. The van der Waals surface area contributed by atoms with E-state index in [9.17, 15) is 14.4 Å². The van der Waals surface area contributed by atoms with E-state index in [0.717, 1.165) is 36.8 Å². The number of hydrogen-bond acceptors (Lipinski definition) is 6. The molecule has 3 N–H and O–H groups in total. The standard InChI is InChI=1S/C20H28N2O5/c1-3-26-18(23)12-11-17(20(25)27-4-2)22-19(24)15-9-10-16(21)14-8-6-5-7-13(14)15/h9-10,17H,3-8,11-12,21H2,1-2H3,(H,22,24)/t17-/m0/s1. The number of nitrogen functional groups attached to an aromatic ring is 1. The summed E-state index contributed by atoms with van der Waals surface area (Å²) in [5.41, 5.74) is 9.26. The molecule has 0 radical (unpaired) electrons. The molecular formula is C20H28N2O5. The summed E-state index contributed by atoms with van der Waals surface area (Å²) in [6, 6.07) is 2.53. The Balaban J connectivity index is 2.15. The summed E-state index contributed by atoms with van der Waals surface area (Å²) in [7, 11) is 0. The van der Waals surface area contributed by atoms with Crippen molar-refractivity contribution in [2.75, 3.05) is 18.9 Å². The normalized spacial score (nSPS) is 14.0. The highest BCUT2D eigenvalue weighted by Crippen LogP contribution is 2.29. The van der Waals surface area contributed by atoms with Crippen LogP contribution in [0.25, 0.3) is 0 Å². The van der Waals surface area contributed by atoms with Gasteiger partial charge in [0.05, 0.1) is 13.2 Å². The molecule has 2 rings (SSSR count). The van der Waals surface area contributed by atoms with E-state index >= 15 is 0 Å². The van der Waals surface area contributed by atoms with Crippen molar-refractivity contribution in [2.24, 2.45) is 0 Å². The zero-order valence-electron chi connectivity index (χ0n) is 16.0. The second-order valence-corrected chi connectivity index (χ2v) is 6.49. The van der Waals surface area contributed by atoms with E-state index in [1.807, 2.05) is 0 Å². The van der Waals surface area contributed by atoms with Gasteiger partial charge in [-0.1, -0.05) is 0 Å². The van der Waals surface area contributed by atoms with Gasteiger partial charge in [0.1, 0.15) is 6.04 Å². The summed E-state index contributed by atoms with van der Waals surface area (Å²) >= 11 is 0. The maximum atomic E-state index is 12.8. The number of rotatable bonds is 8. The summed E-state index contributed by atoms with van der Waals surface area (Å²) in [4.78, 5) is 36.7. The van der Waals surface area contributed by atoms with Gasteiger partial charge in [-0.25, -0.2) is 4.79 Å². The minimum atomic E-state index is -0.904. The van der Waals surface area contributed by atoms with Crippen LogP contribution < -0.4 is 11.1 Å². The van der Waals surface area contributed by atoms with Crippen LogP contribution in [0.5, 0.6) is 0 Å². The lowest BCUT2D eigenvalue weighted by atomic mass is 9.86. The highest BCUT2D eigenvalue weighted by atomic mass is 16.5. The number of nitrogens with two attached hydrogens (primary N) is 1. The maximum Gasteiger partial charge on any atom is 0.328 e. The molecule has 1 amide bonds. The largest absolute Gasteiger partial charge is 0.466 e. The van der Waals surface area contributed by atoms with E-state index in [4.69, 9.17) is 15.2 Å². The van der Waals surface area contributed by atoms with Crippen molar-refractivity contribution >= 4 is 23.5 Å². The Morgan fingerprint density at radius 3 is 2.41 bits per heavy atom. The van der Waals surface area contributed by atoms with Crippen LogP contribution in [0.3, 0.4) is 0 Å². The van der Waals surface area contributed by atoms with Crippen LogP contribution in [0.2, 0.25) is 0 Å². The summed E-state index contributed by atoms with van der Waals surface area (Å²) in [6.07, 6.45) is 3.84. The quantitative estimate of drug-likeness (QED) is 0.532. The van der Waals surface area contributed by atoms with Crippen molar-refractivity contribution in [3.8, 4) is 0 Å². The zero-order chi connectivity index (χ0) is 19.8. The Kier molecular flexibility index (Phi) is 7.64. The molecule has 0 aliphatic heterocycles. The predicted octanol–water partition coefficient (Wildman–Crippen LogP) is 2.15. The van der Waals surface area contributed by atoms with Gasteiger partial charge in [-0.3, -0.25) is 9.59 Å². The Hall–Kier alpha value is -2.57. The average molecular weight is 376 g/mol. The average Bonchev–Trinajstić information content (AvgIpc) is 2.65. The first-order valence-electron chi connectivity index (χ1n) is 9.51. The number of carbonyl (C=O) groups excluding carboxylic acids is 3.